The van der Waals surface area contributed by atoms with E-state index in [9.17, 15) is 15.3 Å². The Labute approximate surface area is 308 Å². The molecule has 282 valence electrons. The number of methoxy groups -OCH3 is 1. The third kappa shape index (κ3) is 12.1. The summed E-state index contributed by atoms with van der Waals surface area (Å²) in [5, 5.41) is 35.9. The molecule has 0 bridgehead atoms. The molecule has 52 heavy (non-hydrogen) atoms. The molecule has 0 aliphatic rings. The van der Waals surface area contributed by atoms with Gasteiger partial charge in [-0.25, -0.2) is 4.98 Å². The number of nitrogens with zero attached hydrogens (tertiary/aromatic N) is 3. The molecule has 1 aromatic heterocycles. The fraction of sp³-hybridized carbons (Fsp3) is 0.488. The predicted molar refractivity (Wildman–Crippen MR) is 204 cm³/mol. The van der Waals surface area contributed by atoms with E-state index in [1.807, 2.05) is 0 Å². The zero-order chi connectivity index (χ0) is 37.3. The van der Waals surface area contributed by atoms with Crippen LogP contribution in [-0.2, 0) is 9.47 Å². The molecule has 0 saturated carbocycles. The summed E-state index contributed by atoms with van der Waals surface area (Å²) in [6.07, 6.45) is 7.75. The lowest BCUT2D eigenvalue weighted by Gasteiger charge is -2.17. The largest absolute Gasteiger partial charge is 0.507 e. The first-order valence-electron chi connectivity index (χ1n) is 18.6. The molecule has 0 fully saturated rings. The topological polar surface area (TPSA) is 148 Å². The van der Waals surface area contributed by atoms with Crippen LogP contribution in [0.15, 0.2) is 60.7 Å². The number of ether oxygens (including phenoxy) is 4. The van der Waals surface area contributed by atoms with Gasteiger partial charge in [0, 0.05) is 30.5 Å². The smallest absolute Gasteiger partial charge is 0.231 e. The van der Waals surface area contributed by atoms with E-state index >= 15 is 0 Å². The van der Waals surface area contributed by atoms with Crippen molar-refractivity contribution in [2.45, 2.75) is 85.4 Å². The van der Waals surface area contributed by atoms with Crippen LogP contribution in [0.2, 0.25) is 0 Å². The lowest BCUT2D eigenvalue weighted by atomic mass is 10.0. The first kappa shape index (κ1) is 40.3. The average molecular weight is 717 g/mol. The van der Waals surface area contributed by atoms with Gasteiger partial charge in [-0.3, -0.25) is 0 Å². The number of nitrogens with one attached hydrogen (secondary N) is 1. The predicted octanol–water partition coefficient (Wildman–Crippen LogP) is 9.20. The second kappa shape index (κ2) is 21.2. The van der Waals surface area contributed by atoms with Gasteiger partial charge in [-0.1, -0.05) is 78.4 Å². The van der Waals surface area contributed by atoms with Gasteiger partial charge in [0.25, 0.3) is 0 Å². The molecule has 11 heteroatoms. The highest BCUT2D eigenvalue weighted by atomic mass is 16.6. The van der Waals surface area contributed by atoms with Crippen molar-refractivity contribution in [3.8, 4) is 45.8 Å². The summed E-state index contributed by atoms with van der Waals surface area (Å²) in [7, 11) is 1.57. The van der Waals surface area contributed by atoms with E-state index in [0.29, 0.717) is 65.5 Å². The van der Waals surface area contributed by atoms with Crippen LogP contribution in [0.3, 0.4) is 0 Å². The number of benzene rings is 3. The Bertz CT molecular complexity index is 1570. The van der Waals surface area contributed by atoms with Crippen LogP contribution in [0.5, 0.6) is 23.0 Å². The number of hydrogen-bond donors (Lipinski definition) is 4. The van der Waals surface area contributed by atoms with Gasteiger partial charge in [0.2, 0.25) is 5.95 Å². The number of anilines is 2. The standard InChI is InChI=1S/C41H56N4O7/c1-6-10-12-28(8-3)26-51-32-18-20-34(36(46)24-32)38-43-39(35-21-19-33(25-37(35)47)52-27-29(9-4)13-11-7-2)45-41(44-38)42-31-16-14-30(15-17-31)40(48)50-23-22-49-5/h14-21,24-25,28-29,40,46-48H,6-13,22-23,26-27H2,1-5H3,(H,42,43,44,45). The van der Waals surface area contributed by atoms with E-state index in [2.05, 4.69) is 48.0 Å². The lowest BCUT2D eigenvalue weighted by Crippen LogP contribution is -2.11. The second-order valence-electron chi connectivity index (χ2n) is 13.1. The Morgan fingerprint density at radius 2 is 1.19 bits per heavy atom. The minimum absolute atomic E-state index is 0.0458. The summed E-state index contributed by atoms with van der Waals surface area (Å²) in [6, 6.07) is 17.2. The molecule has 4 aromatic rings. The molecule has 0 radical (unpaired) electrons. The summed E-state index contributed by atoms with van der Waals surface area (Å²) in [4.78, 5) is 14.0. The third-order valence-corrected chi connectivity index (χ3v) is 9.13. The minimum atomic E-state index is -1.10. The Morgan fingerprint density at radius 3 is 1.63 bits per heavy atom. The van der Waals surface area contributed by atoms with Gasteiger partial charge in [0.1, 0.15) is 23.0 Å². The van der Waals surface area contributed by atoms with E-state index in [4.69, 9.17) is 18.9 Å². The fourth-order valence-electron chi connectivity index (χ4n) is 5.68. The van der Waals surface area contributed by atoms with E-state index in [0.717, 1.165) is 51.4 Å². The minimum Gasteiger partial charge on any atom is -0.507 e. The average Bonchev–Trinajstić information content (AvgIpc) is 3.15. The van der Waals surface area contributed by atoms with E-state index in [1.165, 1.54) is 0 Å². The van der Waals surface area contributed by atoms with Crippen molar-refractivity contribution < 1.29 is 34.3 Å². The number of phenolic OH excluding ortho intramolecular Hbond substituents is 2. The molecular weight excluding hydrogens is 660 g/mol. The van der Waals surface area contributed by atoms with Crippen LogP contribution in [0.1, 0.15) is 90.9 Å². The van der Waals surface area contributed by atoms with E-state index in [-0.39, 0.29) is 35.7 Å². The highest BCUT2D eigenvalue weighted by Gasteiger charge is 2.18. The summed E-state index contributed by atoms with van der Waals surface area (Å²) in [5.74, 6) is 2.51. The van der Waals surface area contributed by atoms with Crippen molar-refractivity contribution in [1.82, 2.24) is 15.0 Å². The van der Waals surface area contributed by atoms with Crippen LogP contribution >= 0.6 is 0 Å². The highest BCUT2D eigenvalue weighted by molar-refractivity contribution is 5.72. The molecular formula is C41H56N4O7. The summed E-state index contributed by atoms with van der Waals surface area (Å²) >= 11 is 0. The normalized spacial score (nSPS) is 13.0. The molecule has 0 saturated heterocycles. The number of aromatic nitrogens is 3. The van der Waals surface area contributed by atoms with Crippen LogP contribution < -0.4 is 14.8 Å². The molecule has 3 unspecified atom stereocenters. The lowest BCUT2D eigenvalue weighted by molar-refractivity contribution is -0.113. The van der Waals surface area contributed by atoms with Crippen molar-refractivity contribution in [1.29, 1.82) is 0 Å². The van der Waals surface area contributed by atoms with E-state index in [1.54, 1.807) is 67.8 Å². The number of phenols is 2. The van der Waals surface area contributed by atoms with Crippen molar-refractivity contribution in [2.75, 3.05) is 38.9 Å². The van der Waals surface area contributed by atoms with Gasteiger partial charge in [0.15, 0.2) is 17.9 Å². The van der Waals surface area contributed by atoms with Gasteiger partial charge in [-0.05, 0) is 61.1 Å². The van der Waals surface area contributed by atoms with Gasteiger partial charge < -0.3 is 39.6 Å². The van der Waals surface area contributed by atoms with E-state index < -0.39 is 6.29 Å². The Morgan fingerprint density at radius 1 is 0.673 bits per heavy atom. The molecule has 0 amide bonds. The molecule has 3 aromatic carbocycles. The van der Waals surface area contributed by atoms with Crippen molar-refractivity contribution in [3.05, 3.63) is 66.2 Å². The summed E-state index contributed by atoms with van der Waals surface area (Å²) in [5.41, 5.74) is 1.96. The van der Waals surface area contributed by atoms with Crippen molar-refractivity contribution in [3.63, 3.8) is 0 Å². The Balaban J connectivity index is 1.62. The number of aliphatic hydroxyl groups excluding tert-OH is 1. The zero-order valence-electron chi connectivity index (χ0n) is 31.3. The first-order chi connectivity index (χ1) is 25.3. The molecule has 1 heterocycles. The van der Waals surface area contributed by atoms with Crippen LogP contribution in [0.4, 0.5) is 11.6 Å². The molecule has 0 aliphatic carbocycles. The second-order valence-corrected chi connectivity index (χ2v) is 13.1. The fourth-order valence-corrected chi connectivity index (χ4v) is 5.68. The van der Waals surface area contributed by atoms with Gasteiger partial charge in [0.05, 0.1) is 37.6 Å². The Hall–Kier alpha value is -4.45. The Kier molecular flexibility index (Phi) is 16.4. The molecule has 4 N–H and O–H groups in total. The SMILES string of the molecule is CCCCC(CC)COc1ccc(-c2nc(Nc3ccc(C(O)OCCOC)cc3)nc(-c3ccc(OCC(CC)CCCC)cc3O)n2)c(O)c1. The maximum atomic E-state index is 11.2. The number of unbranched alkanes of at least 4 members (excludes halogenated alkanes) is 2. The third-order valence-electron chi connectivity index (χ3n) is 9.13. The summed E-state index contributed by atoms with van der Waals surface area (Å²) < 4.78 is 22.5. The number of hydrogen-bond acceptors (Lipinski definition) is 11. The van der Waals surface area contributed by atoms with Gasteiger partial charge in [-0.2, -0.15) is 9.97 Å². The summed E-state index contributed by atoms with van der Waals surface area (Å²) in [6.45, 7) is 10.5. The van der Waals surface area contributed by atoms with Crippen LogP contribution in [0.25, 0.3) is 22.8 Å². The molecule has 4 rings (SSSR count). The number of aromatic hydroxyl groups is 2. The van der Waals surface area contributed by atoms with Crippen LogP contribution in [-0.4, -0.2) is 63.8 Å². The molecule has 11 nitrogen and oxygen atoms in total. The maximum Gasteiger partial charge on any atom is 0.231 e. The highest BCUT2D eigenvalue weighted by Crippen LogP contribution is 2.36. The van der Waals surface area contributed by atoms with Gasteiger partial charge >= 0.3 is 0 Å². The quantitative estimate of drug-likeness (QED) is 0.0430. The monoisotopic (exact) mass is 716 g/mol. The zero-order valence-corrected chi connectivity index (χ0v) is 31.3. The molecule has 3 atom stereocenters. The number of rotatable bonds is 23. The van der Waals surface area contributed by atoms with Gasteiger partial charge in [-0.15, -0.1) is 0 Å². The molecule has 0 spiro atoms. The van der Waals surface area contributed by atoms with Crippen LogP contribution in [0, 0.1) is 11.8 Å². The first-order valence-corrected chi connectivity index (χ1v) is 18.6. The van der Waals surface area contributed by atoms with Crippen molar-refractivity contribution >= 4 is 11.6 Å². The number of aliphatic hydroxyl groups is 1. The molecule has 0 aliphatic heterocycles. The maximum absolute atomic E-state index is 11.2. The van der Waals surface area contributed by atoms with Crippen molar-refractivity contribution in [2.24, 2.45) is 11.8 Å².